The van der Waals surface area contributed by atoms with Crippen molar-refractivity contribution in [3.8, 4) is 0 Å². The van der Waals surface area contributed by atoms with Crippen molar-refractivity contribution < 1.29 is 28.8 Å². The lowest BCUT2D eigenvalue weighted by Crippen LogP contribution is -2.66. The minimum atomic E-state index is -1.13. The van der Waals surface area contributed by atoms with E-state index in [4.69, 9.17) is 23.7 Å². The summed E-state index contributed by atoms with van der Waals surface area (Å²) in [5.74, 6) is -2.22. The first-order chi connectivity index (χ1) is 8.90. The summed E-state index contributed by atoms with van der Waals surface area (Å²) >= 11 is 0. The molecule has 2 aliphatic heterocycles. The average molecular weight is 274 g/mol. The van der Waals surface area contributed by atoms with Crippen LogP contribution in [0.25, 0.3) is 0 Å². The maximum absolute atomic E-state index is 9.93. The van der Waals surface area contributed by atoms with E-state index >= 15 is 0 Å². The summed E-state index contributed by atoms with van der Waals surface area (Å²) in [7, 11) is 3.03. The van der Waals surface area contributed by atoms with Gasteiger partial charge in [0.2, 0.25) is 11.6 Å². The standard InChI is InChI=1S/C13H22O6/c1-6-7-8-9-10(11(14)17-8)19-13(3,16-5)12(2,15-4)18-9/h6,8-11,14H,1,7H2,2-5H3/t8-,9-,10+,11?,12+,13+/m1/s1. The lowest BCUT2D eigenvalue weighted by atomic mass is 10.0. The van der Waals surface area contributed by atoms with Gasteiger partial charge in [0.15, 0.2) is 6.29 Å². The van der Waals surface area contributed by atoms with Crippen molar-refractivity contribution in [3.05, 3.63) is 12.7 Å². The van der Waals surface area contributed by atoms with Gasteiger partial charge >= 0.3 is 0 Å². The lowest BCUT2D eigenvalue weighted by molar-refractivity contribution is -0.449. The number of hydrogen-bond acceptors (Lipinski definition) is 6. The van der Waals surface area contributed by atoms with E-state index in [0.29, 0.717) is 6.42 Å². The Morgan fingerprint density at radius 2 is 1.68 bits per heavy atom. The van der Waals surface area contributed by atoms with Crippen molar-refractivity contribution in [2.75, 3.05) is 14.2 Å². The van der Waals surface area contributed by atoms with Gasteiger partial charge in [0.05, 0.1) is 6.10 Å². The molecule has 6 heteroatoms. The van der Waals surface area contributed by atoms with Crippen LogP contribution in [0, 0.1) is 0 Å². The van der Waals surface area contributed by atoms with Gasteiger partial charge in [0, 0.05) is 14.2 Å². The third kappa shape index (κ3) is 2.22. The van der Waals surface area contributed by atoms with Crippen LogP contribution in [0.1, 0.15) is 20.3 Å². The number of fused-ring (bicyclic) bond motifs is 1. The van der Waals surface area contributed by atoms with Gasteiger partial charge in [-0.25, -0.2) is 0 Å². The van der Waals surface area contributed by atoms with Crippen molar-refractivity contribution >= 4 is 0 Å². The second kappa shape index (κ2) is 5.12. The molecule has 2 aliphatic rings. The number of rotatable bonds is 4. The maximum atomic E-state index is 9.93. The third-order valence-corrected chi connectivity index (χ3v) is 4.01. The Kier molecular flexibility index (Phi) is 4.02. The molecule has 0 aromatic rings. The molecule has 0 spiro atoms. The van der Waals surface area contributed by atoms with Crippen LogP contribution in [0.5, 0.6) is 0 Å². The molecule has 0 amide bonds. The van der Waals surface area contributed by atoms with Crippen molar-refractivity contribution in [1.82, 2.24) is 0 Å². The van der Waals surface area contributed by atoms with Gasteiger partial charge in [-0.2, -0.15) is 0 Å². The predicted octanol–water partition coefficient (Wildman–Crippen LogP) is 0.789. The predicted molar refractivity (Wildman–Crippen MR) is 66.3 cm³/mol. The van der Waals surface area contributed by atoms with E-state index < -0.39 is 30.1 Å². The Morgan fingerprint density at radius 1 is 1.16 bits per heavy atom. The summed E-state index contributed by atoms with van der Waals surface area (Å²) in [5, 5.41) is 9.93. The molecule has 0 bridgehead atoms. The van der Waals surface area contributed by atoms with E-state index in [0.717, 1.165) is 0 Å². The Balaban J connectivity index is 2.27. The van der Waals surface area contributed by atoms with Gasteiger partial charge < -0.3 is 28.8 Å². The average Bonchev–Trinajstić information content (AvgIpc) is 2.67. The highest BCUT2D eigenvalue weighted by Gasteiger charge is 2.62. The van der Waals surface area contributed by atoms with Crippen molar-refractivity contribution in [2.24, 2.45) is 0 Å². The van der Waals surface area contributed by atoms with Crippen molar-refractivity contribution in [3.63, 3.8) is 0 Å². The second-order valence-corrected chi connectivity index (χ2v) is 5.05. The molecule has 2 saturated heterocycles. The van der Waals surface area contributed by atoms with E-state index in [9.17, 15) is 5.11 Å². The number of aliphatic hydroxyl groups excluding tert-OH is 1. The van der Waals surface area contributed by atoms with Crippen LogP contribution in [-0.2, 0) is 23.7 Å². The summed E-state index contributed by atoms with van der Waals surface area (Å²) in [6, 6.07) is 0. The fourth-order valence-corrected chi connectivity index (χ4v) is 2.53. The zero-order chi connectivity index (χ0) is 14.3. The molecule has 0 saturated carbocycles. The molecule has 0 aromatic carbocycles. The minimum Gasteiger partial charge on any atom is -0.366 e. The van der Waals surface area contributed by atoms with Crippen LogP contribution in [-0.4, -0.2) is 55.5 Å². The van der Waals surface area contributed by atoms with Crippen LogP contribution < -0.4 is 0 Å². The van der Waals surface area contributed by atoms with Crippen LogP contribution in [0.3, 0.4) is 0 Å². The molecule has 19 heavy (non-hydrogen) atoms. The van der Waals surface area contributed by atoms with Gasteiger partial charge in [-0.15, -0.1) is 6.58 Å². The molecule has 6 nitrogen and oxygen atoms in total. The van der Waals surface area contributed by atoms with E-state index in [1.54, 1.807) is 19.9 Å². The first kappa shape index (κ1) is 14.9. The zero-order valence-electron chi connectivity index (χ0n) is 11.8. The van der Waals surface area contributed by atoms with Gasteiger partial charge in [0.1, 0.15) is 12.2 Å². The van der Waals surface area contributed by atoms with E-state index in [2.05, 4.69) is 6.58 Å². The van der Waals surface area contributed by atoms with E-state index in [1.165, 1.54) is 14.2 Å². The molecule has 1 N–H and O–H groups in total. The molecule has 6 atom stereocenters. The van der Waals surface area contributed by atoms with Crippen LogP contribution in [0.4, 0.5) is 0 Å². The molecule has 2 rings (SSSR count). The fourth-order valence-electron chi connectivity index (χ4n) is 2.53. The molecule has 2 fully saturated rings. The number of methoxy groups -OCH3 is 2. The van der Waals surface area contributed by atoms with Gasteiger partial charge in [-0.05, 0) is 20.3 Å². The molecule has 1 unspecified atom stereocenters. The van der Waals surface area contributed by atoms with Crippen molar-refractivity contribution in [2.45, 2.75) is 56.4 Å². The molecule has 2 heterocycles. The van der Waals surface area contributed by atoms with Gasteiger partial charge in [0.25, 0.3) is 0 Å². The molecule has 110 valence electrons. The van der Waals surface area contributed by atoms with E-state index in [-0.39, 0.29) is 6.10 Å². The Morgan fingerprint density at radius 3 is 2.16 bits per heavy atom. The molecule has 0 aliphatic carbocycles. The van der Waals surface area contributed by atoms with Crippen LogP contribution in [0.2, 0.25) is 0 Å². The van der Waals surface area contributed by atoms with Gasteiger partial charge in [-0.1, -0.05) is 6.08 Å². The largest absolute Gasteiger partial charge is 0.366 e. The summed E-state index contributed by atoms with van der Waals surface area (Å²) in [6.07, 6.45) is -0.124. The summed E-state index contributed by atoms with van der Waals surface area (Å²) in [4.78, 5) is 0. The van der Waals surface area contributed by atoms with E-state index in [1.807, 2.05) is 0 Å². The smallest absolute Gasteiger partial charge is 0.220 e. The van der Waals surface area contributed by atoms with Crippen molar-refractivity contribution in [1.29, 1.82) is 0 Å². The Hall–Kier alpha value is -0.500. The van der Waals surface area contributed by atoms with Crippen LogP contribution >= 0.6 is 0 Å². The normalized spacial score (nSPS) is 49.9. The summed E-state index contributed by atoms with van der Waals surface area (Å²) < 4.78 is 28.1. The Labute approximate surface area is 113 Å². The third-order valence-electron chi connectivity index (χ3n) is 4.01. The monoisotopic (exact) mass is 274 g/mol. The summed E-state index contributed by atoms with van der Waals surface area (Å²) in [6.45, 7) is 7.12. The van der Waals surface area contributed by atoms with Gasteiger partial charge in [-0.3, -0.25) is 0 Å². The van der Waals surface area contributed by atoms with Crippen LogP contribution in [0.15, 0.2) is 12.7 Å². The highest BCUT2D eigenvalue weighted by molar-refractivity contribution is 4.99. The highest BCUT2D eigenvalue weighted by Crippen LogP contribution is 2.44. The minimum absolute atomic E-state index is 0.312. The molecule has 0 aromatic heterocycles. The second-order valence-electron chi connectivity index (χ2n) is 5.05. The Bertz CT molecular complexity index is 348. The quantitative estimate of drug-likeness (QED) is 0.765. The number of ether oxygens (including phenoxy) is 5. The highest BCUT2D eigenvalue weighted by atomic mass is 16.8. The fraction of sp³-hybridized carbons (Fsp3) is 0.846. The lowest BCUT2D eigenvalue weighted by Gasteiger charge is -2.50. The molecular formula is C13H22O6. The SMILES string of the molecule is C=CC[C@H]1OC(O)[C@H]2O[C@](C)(OC)[C@@](C)(OC)O[C@@H]21. The topological polar surface area (TPSA) is 66.4 Å². The number of hydrogen-bond donors (Lipinski definition) is 1. The maximum Gasteiger partial charge on any atom is 0.220 e. The zero-order valence-corrected chi connectivity index (χ0v) is 11.8. The first-order valence-corrected chi connectivity index (χ1v) is 6.31. The first-order valence-electron chi connectivity index (χ1n) is 6.31. The summed E-state index contributed by atoms with van der Waals surface area (Å²) in [5.41, 5.74) is 0. The number of aliphatic hydroxyl groups is 1. The molecule has 0 radical (unpaired) electrons. The molecular weight excluding hydrogens is 252 g/mol.